The maximum atomic E-state index is 12.2. The average Bonchev–Trinajstić information content (AvgIpc) is 2.99. The van der Waals surface area contributed by atoms with Gasteiger partial charge >= 0.3 is 0 Å². The highest BCUT2D eigenvalue weighted by Gasteiger charge is 2.19. The Kier molecular flexibility index (Phi) is 4.95. The summed E-state index contributed by atoms with van der Waals surface area (Å²) in [4.78, 5) is 14.0. The Morgan fingerprint density at radius 1 is 1.26 bits per heavy atom. The minimum atomic E-state index is 0.0773. The highest BCUT2D eigenvalue weighted by atomic mass is 16.5. The molecule has 1 amide bonds. The molecule has 3 rings (SSSR count). The second-order valence-electron chi connectivity index (χ2n) is 6.00. The van der Waals surface area contributed by atoms with E-state index in [2.05, 4.69) is 10.2 Å². The molecule has 2 aromatic rings. The first kappa shape index (κ1) is 15.6. The van der Waals surface area contributed by atoms with E-state index in [1.165, 1.54) is 24.1 Å². The number of rotatable bonds is 6. The number of aromatic amines is 1. The Hall–Kier alpha value is -2.30. The summed E-state index contributed by atoms with van der Waals surface area (Å²) in [6, 6.07) is 9.57. The van der Waals surface area contributed by atoms with Gasteiger partial charge in [-0.25, -0.2) is 0 Å². The number of aromatic nitrogens is 2. The van der Waals surface area contributed by atoms with Crippen LogP contribution in [0.1, 0.15) is 36.2 Å². The smallest absolute Gasteiger partial charge is 0.226 e. The molecule has 0 saturated heterocycles. The van der Waals surface area contributed by atoms with Crippen molar-refractivity contribution in [3.05, 3.63) is 47.3 Å². The summed E-state index contributed by atoms with van der Waals surface area (Å²) in [5, 5.41) is 7.52. The number of benzene rings is 1. The minimum Gasteiger partial charge on any atom is -0.493 e. The van der Waals surface area contributed by atoms with E-state index in [0.717, 1.165) is 24.3 Å². The minimum absolute atomic E-state index is 0.0773. The number of ether oxygens (including phenoxy) is 1. The number of aryl methyl sites for hydroxylation is 1. The molecule has 0 spiro atoms. The number of para-hydroxylation sites is 1. The molecule has 0 bridgehead atoms. The summed E-state index contributed by atoms with van der Waals surface area (Å²) in [6.45, 7) is 0.960. The summed E-state index contributed by atoms with van der Waals surface area (Å²) < 4.78 is 5.58. The number of fused-ring (bicyclic) bond motifs is 1. The molecule has 23 heavy (non-hydrogen) atoms. The van der Waals surface area contributed by atoms with Crippen LogP contribution >= 0.6 is 0 Å². The largest absolute Gasteiger partial charge is 0.493 e. The molecule has 5 heteroatoms. The summed E-state index contributed by atoms with van der Waals surface area (Å²) in [7, 11) is 1.83. The standard InChI is InChI=1S/C18H23N3O2/c1-21(13-17-15-9-5-6-10-16(15)19-20-17)18(22)11-12-23-14-7-3-2-4-8-14/h2-4,7-8H,5-6,9-13H2,1H3,(H,19,20). The van der Waals surface area contributed by atoms with Crippen LogP contribution in [0.5, 0.6) is 5.75 Å². The lowest BCUT2D eigenvalue weighted by atomic mass is 9.96. The normalized spacial score (nSPS) is 13.4. The van der Waals surface area contributed by atoms with Crippen LogP contribution in [-0.2, 0) is 24.2 Å². The molecule has 1 aromatic heterocycles. The van der Waals surface area contributed by atoms with Crippen molar-refractivity contribution < 1.29 is 9.53 Å². The fraction of sp³-hybridized carbons (Fsp3) is 0.444. The summed E-state index contributed by atoms with van der Waals surface area (Å²) in [5.41, 5.74) is 3.58. The Labute approximate surface area is 136 Å². The summed E-state index contributed by atoms with van der Waals surface area (Å²) in [5.74, 6) is 0.873. The van der Waals surface area contributed by atoms with Crippen molar-refractivity contribution in [3.63, 3.8) is 0 Å². The fourth-order valence-corrected chi connectivity index (χ4v) is 2.96. The van der Waals surface area contributed by atoms with Gasteiger partial charge in [0.25, 0.3) is 0 Å². The summed E-state index contributed by atoms with van der Waals surface area (Å²) >= 11 is 0. The Bertz CT molecular complexity index is 652. The molecule has 5 nitrogen and oxygen atoms in total. The van der Waals surface area contributed by atoms with Crippen LogP contribution in [0.25, 0.3) is 0 Å². The van der Waals surface area contributed by atoms with Crippen molar-refractivity contribution in [1.29, 1.82) is 0 Å². The molecule has 122 valence electrons. The maximum Gasteiger partial charge on any atom is 0.226 e. The third kappa shape index (κ3) is 3.92. The van der Waals surface area contributed by atoms with Gasteiger partial charge in [-0.1, -0.05) is 18.2 Å². The Morgan fingerprint density at radius 2 is 2.04 bits per heavy atom. The third-order valence-electron chi connectivity index (χ3n) is 4.28. The van der Waals surface area contributed by atoms with Crippen molar-refractivity contribution in [2.45, 2.75) is 38.6 Å². The van der Waals surface area contributed by atoms with E-state index < -0.39 is 0 Å². The van der Waals surface area contributed by atoms with Crippen molar-refractivity contribution in [1.82, 2.24) is 15.1 Å². The highest BCUT2D eigenvalue weighted by molar-refractivity contribution is 5.76. The van der Waals surface area contributed by atoms with E-state index in [0.29, 0.717) is 19.6 Å². The average molecular weight is 313 g/mol. The lowest BCUT2D eigenvalue weighted by Gasteiger charge is -2.18. The number of hydrogen-bond donors (Lipinski definition) is 1. The van der Waals surface area contributed by atoms with Gasteiger partial charge in [-0.05, 0) is 43.4 Å². The predicted molar refractivity (Wildman–Crippen MR) is 88.3 cm³/mol. The molecule has 1 heterocycles. The van der Waals surface area contributed by atoms with Gasteiger partial charge < -0.3 is 9.64 Å². The monoisotopic (exact) mass is 313 g/mol. The number of hydrogen-bond acceptors (Lipinski definition) is 3. The lowest BCUT2D eigenvalue weighted by Crippen LogP contribution is -2.28. The van der Waals surface area contributed by atoms with Crippen LogP contribution < -0.4 is 4.74 Å². The van der Waals surface area contributed by atoms with Gasteiger partial charge in [0, 0.05) is 12.7 Å². The van der Waals surface area contributed by atoms with Crippen LogP contribution in [0, 0.1) is 0 Å². The molecule has 0 aliphatic heterocycles. The van der Waals surface area contributed by atoms with Crippen molar-refractivity contribution >= 4 is 5.91 Å². The topological polar surface area (TPSA) is 58.2 Å². The zero-order valence-electron chi connectivity index (χ0n) is 13.5. The van der Waals surface area contributed by atoms with Crippen molar-refractivity contribution in [2.75, 3.05) is 13.7 Å². The third-order valence-corrected chi connectivity index (χ3v) is 4.28. The molecule has 1 aliphatic carbocycles. The van der Waals surface area contributed by atoms with E-state index in [1.54, 1.807) is 4.90 Å². The zero-order valence-corrected chi connectivity index (χ0v) is 13.5. The zero-order chi connectivity index (χ0) is 16.1. The molecule has 0 saturated carbocycles. The first-order chi connectivity index (χ1) is 11.2. The van der Waals surface area contributed by atoms with Gasteiger partial charge in [0.1, 0.15) is 5.75 Å². The SMILES string of the molecule is CN(Cc1n[nH]c2c1CCCC2)C(=O)CCOc1ccccc1. The Morgan fingerprint density at radius 3 is 2.87 bits per heavy atom. The molecule has 0 fully saturated rings. The molecule has 0 unspecified atom stereocenters. The van der Waals surface area contributed by atoms with Gasteiger partial charge in [0.2, 0.25) is 5.91 Å². The number of carbonyl (C=O) groups is 1. The van der Waals surface area contributed by atoms with Gasteiger partial charge in [0.05, 0.1) is 25.3 Å². The molecule has 1 N–H and O–H groups in total. The molecule has 0 radical (unpaired) electrons. The Balaban J connectivity index is 1.49. The van der Waals surface area contributed by atoms with Crippen LogP contribution in [0.2, 0.25) is 0 Å². The van der Waals surface area contributed by atoms with Crippen molar-refractivity contribution in [2.24, 2.45) is 0 Å². The van der Waals surface area contributed by atoms with E-state index >= 15 is 0 Å². The molecule has 1 aromatic carbocycles. The summed E-state index contributed by atoms with van der Waals surface area (Å²) in [6.07, 6.45) is 4.95. The first-order valence-corrected chi connectivity index (χ1v) is 8.21. The van der Waals surface area contributed by atoms with E-state index in [4.69, 9.17) is 4.74 Å². The van der Waals surface area contributed by atoms with Crippen LogP contribution in [-0.4, -0.2) is 34.7 Å². The van der Waals surface area contributed by atoms with E-state index in [-0.39, 0.29) is 5.91 Å². The number of amides is 1. The predicted octanol–water partition coefficient (Wildman–Crippen LogP) is 2.72. The fourth-order valence-electron chi connectivity index (χ4n) is 2.96. The van der Waals surface area contributed by atoms with Crippen LogP contribution in [0.4, 0.5) is 0 Å². The second kappa shape index (κ2) is 7.31. The molecular weight excluding hydrogens is 290 g/mol. The number of nitrogens with one attached hydrogen (secondary N) is 1. The molecular formula is C18H23N3O2. The molecule has 1 aliphatic rings. The highest BCUT2D eigenvalue weighted by Crippen LogP contribution is 2.22. The maximum absolute atomic E-state index is 12.2. The number of H-pyrrole nitrogens is 1. The van der Waals surface area contributed by atoms with Gasteiger partial charge in [-0.2, -0.15) is 5.10 Å². The van der Waals surface area contributed by atoms with Crippen LogP contribution in [0.3, 0.4) is 0 Å². The van der Waals surface area contributed by atoms with Gasteiger partial charge in [-0.3, -0.25) is 9.89 Å². The molecule has 0 atom stereocenters. The second-order valence-corrected chi connectivity index (χ2v) is 6.00. The van der Waals surface area contributed by atoms with Gasteiger partial charge in [0.15, 0.2) is 0 Å². The van der Waals surface area contributed by atoms with Gasteiger partial charge in [-0.15, -0.1) is 0 Å². The van der Waals surface area contributed by atoms with Crippen molar-refractivity contribution in [3.8, 4) is 5.75 Å². The quantitative estimate of drug-likeness (QED) is 0.892. The van der Waals surface area contributed by atoms with E-state index in [1.807, 2.05) is 37.4 Å². The first-order valence-electron chi connectivity index (χ1n) is 8.21. The number of nitrogens with zero attached hydrogens (tertiary/aromatic N) is 2. The van der Waals surface area contributed by atoms with E-state index in [9.17, 15) is 4.79 Å². The van der Waals surface area contributed by atoms with Crippen LogP contribution in [0.15, 0.2) is 30.3 Å². The lowest BCUT2D eigenvalue weighted by molar-refractivity contribution is -0.131. The number of carbonyl (C=O) groups excluding carboxylic acids is 1.